The quantitative estimate of drug-likeness (QED) is 0.739. The van der Waals surface area contributed by atoms with E-state index in [0.717, 1.165) is 15.6 Å². The first kappa shape index (κ1) is 13.3. The van der Waals surface area contributed by atoms with Crippen LogP contribution < -0.4 is 0 Å². The molecule has 92 valence electrons. The molecule has 0 aliphatic heterocycles. The highest BCUT2D eigenvalue weighted by molar-refractivity contribution is 9.10. The highest BCUT2D eigenvalue weighted by atomic mass is 79.9. The lowest BCUT2D eigenvalue weighted by Gasteiger charge is -2.07. The summed E-state index contributed by atoms with van der Waals surface area (Å²) in [5.74, 6) is 0.0906. The molecule has 3 heteroatoms. The standard InChI is InChI=1S/C15H12BrClO/c1-10-7-12(13(16)9-14(10)17)15(18)8-11-5-3-2-4-6-11/h2-7,9H,8H2,1H3. The van der Waals surface area contributed by atoms with Crippen LogP contribution in [0.1, 0.15) is 21.5 Å². The van der Waals surface area contributed by atoms with Gasteiger partial charge in [0.05, 0.1) is 0 Å². The van der Waals surface area contributed by atoms with E-state index in [0.29, 0.717) is 17.0 Å². The Labute approximate surface area is 120 Å². The molecule has 2 aromatic carbocycles. The molecule has 0 saturated carbocycles. The van der Waals surface area contributed by atoms with E-state index in [4.69, 9.17) is 11.6 Å². The van der Waals surface area contributed by atoms with Gasteiger partial charge in [-0.05, 0) is 46.1 Å². The molecule has 0 spiro atoms. The van der Waals surface area contributed by atoms with Crippen molar-refractivity contribution in [3.05, 3.63) is 68.7 Å². The summed E-state index contributed by atoms with van der Waals surface area (Å²) in [4.78, 5) is 12.2. The summed E-state index contributed by atoms with van der Waals surface area (Å²) in [6.45, 7) is 1.90. The molecule has 2 aromatic rings. The van der Waals surface area contributed by atoms with Crippen molar-refractivity contribution in [1.29, 1.82) is 0 Å². The Bertz CT molecular complexity index is 579. The van der Waals surface area contributed by atoms with Gasteiger partial charge in [-0.2, -0.15) is 0 Å². The van der Waals surface area contributed by atoms with Gasteiger partial charge in [0.2, 0.25) is 0 Å². The van der Waals surface area contributed by atoms with Crippen molar-refractivity contribution < 1.29 is 4.79 Å². The number of carbonyl (C=O) groups excluding carboxylic acids is 1. The molecule has 0 atom stereocenters. The van der Waals surface area contributed by atoms with Crippen LogP contribution in [0.25, 0.3) is 0 Å². The molecule has 0 bridgehead atoms. The molecule has 0 heterocycles. The molecule has 1 nitrogen and oxygen atoms in total. The molecule has 0 radical (unpaired) electrons. The average Bonchev–Trinajstić information content (AvgIpc) is 2.35. The van der Waals surface area contributed by atoms with Crippen molar-refractivity contribution >= 4 is 33.3 Å². The summed E-state index contributed by atoms with van der Waals surface area (Å²) in [6, 6.07) is 13.3. The Morgan fingerprint density at radius 2 is 1.89 bits per heavy atom. The minimum Gasteiger partial charge on any atom is -0.294 e. The topological polar surface area (TPSA) is 17.1 Å². The van der Waals surface area contributed by atoms with Gasteiger partial charge in [0.15, 0.2) is 5.78 Å². The molecular formula is C15H12BrClO. The van der Waals surface area contributed by atoms with Crippen LogP contribution in [0, 0.1) is 6.92 Å². The fourth-order valence-corrected chi connectivity index (χ4v) is 2.61. The second-order valence-corrected chi connectivity index (χ2v) is 5.43. The lowest BCUT2D eigenvalue weighted by Crippen LogP contribution is -2.05. The van der Waals surface area contributed by atoms with Crippen molar-refractivity contribution in [3.63, 3.8) is 0 Å². The maximum absolute atomic E-state index is 12.2. The molecule has 18 heavy (non-hydrogen) atoms. The third-order valence-electron chi connectivity index (χ3n) is 2.76. The first-order valence-corrected chi connectivity index (χ1v) is 6.78. The molecule has 0 aromatic heterocycles. The minimum absolute atomic E-state index is 0.0906. The fourth-order valence-electron chi connectivity index (χ4n) is 1.75. The Balaban J connectivity index is 2.27. The largest absolute Gasteiger partial charge is 0.294 e. The first-order chi connectivity index (χ1) is 8.58. The Morgan fingerprint density at radius 3 is 2.56 bits per heavy atom. The van der Waals surface area contributed by atoms with E-state index in [1.165, 1.54) is 0 Å². The molecule has 0 fully saturated rings. The maximum atomic E-state index is 12.2. The van der Waals surface area contributed by atoms with Crippen molar-refractivity contribution in [2.45, 2.75) is 13.3 Å². The van der Waals surface area contributed by atoms with Gasteiger partial charge in [-0.15, -0.1) is 0 Å². The molecule has 0 aliphatic carbocycles. The van der Waals surface area contributed by atoms with Crippen LogP contribution in [0.3, 0.4) is 0 Å². The number of Topliss-reactive ketones (excluding diaryl/α,β-unsaturated/α-hetero) is 1. The van der Waals surface area contributed by atoms with Crippen molar-refractivity contribution in [1.82, 2.24) is 0 Å². The Hall–Kier alpha value is -1.12. The number of benzene rings is 2. The van der Waals surface area contributed by atoms with E-state index in [1.807, 2.05) is 43.3 Å². The summed E-state index contributed by atoms with van der Waals surface area (Å²) in [7, 11) is 0. The fraction of sp³-hybridized carbons (Fsp3) is 0.133. The Kier molecular flexibility index (Phi) is 4.20. The van der Waals surface area contributed by atoms with Gasteiger partial charge in [-0.3, -0.25) is 4.79 Å². The number of halogens is 2. The van der Waals surface area contributed by atoms with Gasteiger partial charge in [0, 0.05) is 21.5 Å². The minimum atomic E-state index is 0.0906. The molecule has 0 amide bonds. The van der Waals surface area contributed by atoms with E-state index in [1.54, 1.807) is 6.07 Å². The second kappa shape index (κ2) is 5.68. The summed E-state index contributed by atoms with van der Waals surface area (Å²) < 4.78 is 0.749. The number of hydrogen-bond donors (Lipinski definition) is 0. The molecule has 0 unspecified atom stereocenters. The van der Waals surface area contributed by atoms with Crippen molar-refractivity contribution in [2.75, 3.05) is 0 Å². The van der Waals surface area contributed by atoms with Gasteiger partial charge in [0.25, 0.3) is 0 Å². The summed E-state index contributed by atoms with van der Waals surface area (Å²) in [5, 5.41) is 0.665. The maximum Gasteiger partial charge on any atom is 0.168 e. The average molecular weight is 324 g/mol. The van der Waals surface area contributed by atoms with Crippen molar-refractivity contribution in [3.8, 4) is 0 Å². The zero-order valence-corrected chi connectivity index (χ0v) is 12.3. The molecule has 0 N–H and O–H groups in total. The SMILES string of the molecule is Cc1cc(C(=O)Cc2ccccc2)c(Br)cc1Cl. The van der Waals surface area contributed by atoms with Crippen LogP contribution in [0.2, 0.25) is 5.02 Å². The summed E-state index contributed by atoms with van der Waals surface area (Å²) in [5.41, 5.74) is 2.61. The third-order valence-corrected chi connectivity index (χ3v) is 3.82. The molecule has 0 aliphatic rings. The molecule has 2 rings (SSSR count). The monoisotopic (exact) mass is 322 g/mol. The third kappa shape index (κ3) is 3.01. The molecule has 0 saturated heterocycles. The van der Waals surface area contributed by atoms with E-state index < -0.39 is 0 Å². The van der Waals surface area contributed by atoms with Gasteiger partial charge < -0.3 is 0 Å². The highest BCUT2D eigenvalue weighted by Crippen LogP contribution is 2.26. The normalized spacial score (nSPS) is 10.4. The zero-order valence-electron chi connectivity index (χ0n) is 9.91. The van der Waals surface area contributed by atoms with E-state index in [-0.39, 0.29) is 5.78 Å². The van der Waals surface area contributed by atoms with E-state index >= 15 is 0 Å². The number of hydrogen-bond acceptors (Lipinski definition) is 1. The van der Waals surface area contributed by atoms with E-state index in [9.17, 15) is 4.79 Å². The summed E-state index contributed by atoms with van der Waals surface area (Å²) in [6.07, 6.45) is 0.403. The lowest BCUT2D eigenvalue weighted by atomic mass is 10.0. The van der Waals surface area contributed by atoms with Crippen LogP contribution >= 0.6 is 27.5 Å². The molecular weight excluding hydrogens is 312 g/mol. The number of ketones is 1. The first-order valence-electron chi connectivity index (χ1n) is 5.60. The zero-order chi connectivity index (χ0) is 13.1. The van der Waals surface area contributed by atoms with Gasteiger partial charge in [0.1, 0.15) is 0 Å². The Morgan fingerprint density at radius 1 is 1.22 bits per heavy atom. The van der Waals surface area contributed by atoms with E-state index in [2.05, 4.69) is 15.9 Å². The van der Waals surface area contributed by atoms with Crippen LogP contribution in [-0.2, 0) is 6.42 Å². The van der Waals surface area contributed by atoms with Crippen LogP contribution in [0.4, 0.5) is 0 Å². The number of rotatable bonds is 3. The number of carbonyl (C=O) groups is 1. The smallest absolute Gasteiger partial charge is 0.168 e. The van der Waals surface area contributed by atoms with Gasteiger partial charge >= 0.3 is 0 Å². The van der Waals surface area contributed by atoms with Crippen LogP contribution in [0.5, 0.6) is 0 Å². The summed E-state index contributed by atoms with van der Waals surface area (Å²) >= 11 is 9.40. The van der Waals surface area contributed by atoms with Gasteiger partial charge in [-0.25, -0.2) is 0 Å². The van der Waals surface area contributed by atoms with Crippen molar-refractivity contribution in [2.24, 2.45) is 0 Å². The second-order valence-electron chi connectivity index (χ2n) is 4.17. The number of aryl methyl sites for hydroxylation is 1. The van der Waals surface area contributed by atoms with Gasteiger partial charge in [-0.1, -0.05) is 41.9 Å². The highest BCUT2D eigenvalue weighted by Gasteiger charge is 2.12. The van der Waals surface area contributed by atoms with Crippen LogP contribution in [-0.4, -0.2) is 5.78 Å². The predicted molar refractivity (Wildman–Crippen MR) is 78.4 cm³/mol. The lowest BCUT2D eigenvalue weighted by molar-refractivity contribution is 0.0992. The van der Waals surface area contributed by atoms with Crippen LogP contribution in [0.15, 0.2) is 46.9 Å². The predicted octanol–water partition coefficient (Wildman–Crippen LogP) is 4.84.